The van der Waals surface area contributed by atoms with E-state index >= 15 is 0 Å². The van der Waals surface area contributed by atoms with Gasteiger partial charge >= 0.3 is 0 Å². The summed E-state index contributed by atoms with van der Waals surface area (Å²) in [5, 5.41) is 0. The number of furan rings is 1. The number of methoxy groups -OCH3 is 1. The molecule has 1 saturated carbocycles. The highest BCUT2D eigenvalue weighted by molar-refractivity contribution is 5.49. The number of hydrogen-bond acceptors (Lipinski definition) is 6. The largest absolute Gasteiger partial charge is 0.467 e. The Hall–Kier alpha value is -2.08. The Balaban J connectivity index is 1.86. The van der Waals surface area contributed by atoms with Crippen molar-refractivity contribution in [3.63, 3.8) is 0 Å². The standard InChI is InChI=1S/C14H18N4O2/c1-19-9-13-16-12(15)7-14(17-13)18(10-4-5-10)8-11-3-2-6-20-11/h2-3,6-7,10H,4-5,8-9H2,1H3,(H2,15,16,17). The van der Waals surface area contributed by atoms with Crippen LogP contribution < -0.4 is 10.6 Å². The summed E-state index contributed by atoms with van der Waals surface area (Å²) >= 11 is 0. The molecule has 0 unspecified atom stereocenters. The van der Waals surface area contributed by atoms with Gasteiger partial charge in [0.2, 0.25) is 0 Å². The summed E-state index contributed by atoms with van der Waals surface area (Å²) in [6.07, 6.45) is 4.03. The molecule has 1 aliphatic rings. The Labute approximate surface area is 117 Å². The highest BCUT2D eigenvalue weighted by Gasteiger charge is 2.31. The minimum atomic E-state index is 0.358. The maximum absolute atomic E-state index is 5.86. The van der Waals surface area contributed by atoms with Crippen LogP contribution >= 0.6 is 0 Å². The average Bonchev–Trinajstić information content (AvgIpc) is 3.12. The molecule has 0 radical (unpaired) electrons. The molecule has 20 heavy (non-hydrogen) atoms. The molecule has 1 fully saturated rings. The van der Waals surface area contributed by atoms with Crippen LogP contribution in [0.5, 0.6) is 0 Å². The van der Waals surface area contributed by atoms with E-state index < -0.39 is 0 Å². The number of rotatable bonds is 6. The van der Waals surface area contributed by atoms with Gasteiger partial charge in [-0.3, -0.25) is 0 Å². The van der Waals surface area contributed by atoms with E-state index in [-0.39, 0.29) is 0 Å². The Bertz CT molecular complexity index is 567. The molecule has 0 amide bonds. The van der Waals surface area contributed by atoms with Crippen LogP contribution in [0.4, 0.5) is 11.6 Å². The van der Waals surface area contributed by atoms with Gasteiger partial charge in [0.1, 0.15) is 24.0 Å². The molecule has 6 heteroatoms. The molecule has 2 N–H and O–H groups in total. The molecule has 106 valence electrons. The number of nitrogen functional groups attached to an aromatic ring is 1. The van der Waals surface area contributed by atoms with Gasteiger partial charge in [0.05, 0.1) is 12.8 Å². The second kappa shape index (κ2) is 5.50. The summed E-state index contributed by atoms with van der Waals surface area (Å²) in [4.78, 5) is 10.9. The Morgan fingerprint density at radius 1 is 1.45 bits per heavy atom. The third kappa shape index (κ3) is 2.91. The molecule has 2 heterocycles. The first-order valence-corrected chi connectivity index (χ1v) is 6.67. The summed E-state index contributed by atoms with van der Waals surface area (Å²) in [6.45, 7) is 1.05. The zero-order chi connectivity index (χ0) is 13.9. The minimum absolute atomic E-state index is 0.358. The summed E-state index contributed by atoms with van der Waals surface area (Å²) < 4.78 is 10.5. The summed E-state index contributed by atoms with van der Waals surface area (Å²) in [6, 6.07) is 6.17. The third-order valence-electron chi connectivity index (χ3n) is 3.24. The fraction of sp³-hybridized carbons (Fsp3) is 0.429. The van der Waals surface area contributed by atoms with E-state index in [4.69, 9.17) is 14.9 Å². The van der Waals surface area contributed by atoms with Crippen molar-refractivity contribution in [1.82, 2.24) is 9.97 Å². The molecule has 3 rings (SSSR count). The van der Waals surface area contributed by atoms with Crippen LogP contribution in [-0.4, -0.2) is 23.1 Å². The quantitative estimate of drug-likeness (QED) is 0.867. The van der Waals surface area contributed by atoms with Crippen LogP contribution in [0.2, 0.25) is 0 Å². The Morgan fingerprint density at radius 3 is 2.95 bits per heavy atom. The molecule has 0 spiro atoms. The Morgan fingerprint density at radius 2 is 2.30 bits per heavy atom. The van der Waals surface area contributed by atoms with Gasteiger partial charge in [-0.1, -0.05) is 0 Å². The second-order valence-electron chi connectivity index (χ2n) is 4.94. The molecule has 0 aromatic carbocycles. The second-order valence-corrected chi connectivity index (χ2v) is 4.94. The van der Waals surface area contributed by atoms with E-state index in [1.807, 2.05) is 12.1 Å². The van der Waals surface area contributed by atoms with Crippen LogP contribution in [-0.2, 0) is 17.9 Å². The number of hydrogen-bond donors (Lipinski definition) is 1. The smallest absolute Gasteiger partial charge is 0.158 e. The van der Waals surface area contributed by atoms with Crippen LogP contribution in [0, 0.1) is 0 Å². The van der Waals surface area contributed by atoms with Crippen molar-refractivity contribution in [3.05, 3.63) is 36.0 Å². The fourth-order valence-electron chi connectivity index (χ4n) is 2.20. The molecular weight excluding hydrogens is 256 g/mol. The number of anilines is 2. The highest BCUT2D eigenvalue weighted by Crippen LogP contribution is 2.32. The van der Waals surface area contributed by atoms with Gasteiger partial charge in [-0.2, -0.15) is 0 Å². The van der Waals surface area contributed by atoms with Crippen LogP contribution in [0.3, 0.4) is 0 Å². The third-order valence-corrected chi connectivity index (χ3v) is 3.24. The van der Waals surface area contributed by atoms with Crippen molar-refractivity contribution in [2.45, 2.75) is 32.0 Å². The number of nitrogens with two attached hydrogens (primary N) is 1. The van der Waals surface area contributed by atoms with Crippen molar-refractivity contribution >= 4 is 11.6 Å². The van der Waals surface area contributed by atoms with Crippen molar-refractivity contribution in [3.8, 4) is 0 Å². The first-order valence-electron chi connectivity index (χ1n) is 6.67. The molecule has 0 atom stereocenters. The minimum Gasteiger partial charge on any atom is -0.467 e. The van der Waals surface area contributed by atoms with Gasteiger partial charge in [-0.15, -0.1) is 0 Å². The van der Waals surface area contributed by atoms with E-state index in [9.17, 15) is 0 Å². The van der Waals surface area contributed by atoms with E-state index in [0.717, 1.165) is 11.6 Å². The fourth-order valence-corrected chi connectivity index (χ4v) is 2.20. The number of nitrogens with zero attached hydrogens (tertiary/aromatic N) is 3. The van der Waals surface area contributed by atoms with Crippen LogP contribution in [0.1, 0.15) is 24.4 Å². The number of ether oxygens (including phenoxy) is 1. The lowest BCUT2D eigenvalue weighted by Gasteiger charge is -2.23. The monoisotopic (exact) mass is 274 g/mol. The average molecular weight is 274 g/mol. The maximum Gasteiger partial charge on any atom is 0.158 e. The van der Waals surface area contributed by atoms with Gasteiger partial charge in [0, 0.05) is 19.2 Å². The highest BCUT2D eigenvalue weighted by atomic mass is 16.5. The van der Waals surface area contributed by atoms with Crippen molar-refractivity contribution < 1.29 is 9.15 Å². The van der Waals surface area contributed by atoms with Gasteiger partial charge < -0.3 is 19.8 Å². The lowest BCUT2D eigenvalue weighted by molar-refractivity contribution is 0.178. The molecule has 2 aromatic rings. The topological polar surface area (TPSA) is 77.4 Å². The molecule has 1 aliphatic carbocycles. The van der Waals surface area contributed by atoms with Crippen molar-refractivity contribution in [2.75, 3.05) is 17.7 Å². The summed E-state index contributed by atoms with van der Waals surface area (Å²) in [7, 11) is 1.62. The van der Waals surface area contributed by atoms with E-state index in [1.54, 1.807) is 19.4 Å². The summed E-state index contributed by atoms with van der Waals surface area (Å²) in [5.41, 5.74) is 5.86. The first kappa shape index (κ1) is 12.9. The molecule has 0 aliphatic heterocycles. The van der Waals surface area contributed by atoms with Crippen LogP contribution in [0.15, 0.2) is 28.9 Å². The lowest BCUT2D eigenvalue weighted by atomic mass is 10.3. The Kier molecular flexibility index (Phi) is 3.56. The van der Waals surface area contributed by atoms with E-state index in [2.05, 4.69) is 14.9 Å². The molecular formula is C14H18N4O2. The van der Waals surface area contributed by atoms with Crippen molar-refractivity contribution in [1.29, 1.82) is 0 Å². The van der Waals surface area contributed by atoms with E-state index in [0.29, 0.717) is 30.8 Å². The molecule has 2 aromatic heterocycles. The molecule has 0 saturated heterocycles. The molecule has 6 nitrogen and oxygen atoms in total. The maximum atomic E-state index is 5.86. The van der Waals surface area contributed by atoms with Gasteiger partial charge in [0.15, 0.2) is 5.82 Å². The van der Waals surface area contributed by atoms with Gasteiger partial charge in [0.25, 0.3) is 0 Å². The lowest BCUT2D eigenvalue weighted by Crippen LogP contribution is -2.26. The number of aromatic nitrogens is 2. The van der Waals surface area contributed by atoms with Gasteiger partial charge in [-0.05, 0) is 25.0 Å². The van der Waals surface area contributed by atoms with Crippen molar-refractivity contribution in [2.24, 2.45) is 0 Å². The zero-order valence-corrected chi connectivity index (χ0v) is 11.5. The normalized spacial score (nSPS) is 14.4. The zero-order valence-electron chi connectivity index (χ0n) is 11.5. The predicted octanol–water partition coefficient (Wildman–Crippen LogP) is 1.97. The molecule has 0 bridgehead atoms. The summed E-state index contributed by atoms with van der Waals surface area (Å²) in [5.74, 6) is 2.82. The SMILES string of the molecule is COCc1nc(N)cc(N(Cc2ccco2)C2CC2)n1. The van der Waals surface area contributed by atoms with Crippen LogP contribution in [0.25, 0.3) is 0 Å². The first-order chi connectivity index (χ1) is 9.76. The van der Waals surface area contributed by atoms with E-state index in [1.165, 1.54) is 12.8 Å². The predicted molar refractivity (Wildman–Crippen MR) is 75.1 cm³/mol. The van der Waals surface area contributed by atoms with Gasteiger partial charge in [-0.25, -0.2) is 9.97 Å².